The Morgan fingerprint density at radius 2 is 1.86 bits per heavy atom. The lowest BCUT2D eigenvalue weighted by Gasteiger charge is -2.40. The van der Waals surface area contributed by atoms with Crippen LogP contribution in [-0.4, -0.2) is 60.3 Å². The van der Waals surface area contributed by atoms with E-state index in [1.807, 2.05) is 24.0 Å². The Morgan fingerprint density at radius 3 is 2.55 bits per heavy atom. The first kappa shape index (κ1) is 19.9. The number of carbonyl (C=O) groups excluding carboxylic acids is 1. The van der Waals surface area contributed by atoms with E-state index in [4.69, 9.17) is 11.6 Å². The van der Waals surface area contributed by atoms with Crippen molar-refractivity contribution in [3.8, 4) is 0 Å². The molecule has 1 aromatic carbocycles. The summed E-state index contributed by atoms with van der Waals surface area (Å²) in [4.78, 5) is 19.4. The lowest BCUT2D eigenvalue weighted by Crippen LogP contribution is -2.52. The Labute approximate surface area is 175 Å². The Kier molecular flexibility index (Phi) is 5.85. The number of hydrogen-bond donors (Lipinski definition) is 0. The van der Waals surface area contributed by atoms with Gasteiger partial charge in [-0.1, -0.05) is 11.6 Å². The molecular formula is C21H25ClFN5O. The third kappa shape index (κ3) is 4.45. The highest BCUT2D eigenvalue weighted by Crippen LogP contribution is 2.26. The number of aromatic nitrogens is 2. The first-order chi connectivity index (χ1) is 14.0. The number of hydrogen-bond acceptors (Lipinski definition) is 5. The van der Waals surface area contributed by atoms with E-state index in [1.54, 1.807) is 12.1 Å². The molecule has 2 aromatic rings. The fourth-order valence-corrected chi connectivity index (χ4v) is 4.25. The van der Waals surface area contributed by atoms with Crippen molar-refractivity contribution in [1.82, 2.24) is 15.1 Å². The maximum absolute atomic E-state index is 13.4. The summed E-state index contributed by atoms with van der Waals surface area (Å²) in [6, 6.07) is 8.70. The van der Waals surface area contributed by atoms with E-state index >= 15 is 0 Å². The van der Waals surface area contributed by atoms with Crippen LogP contribution in [0.25, 0.3) is 0 Å². The first-order valence-corrected chi connectivity index (χ1v) is 10.4. The molecule has 0 saturated carbocycles. The van der Waals surface area contributed by atoms with Gasteiger partial charge in [-0.25, -0.2) is 4.39 Å². The summed E-state index contributed by atoms with van der Waals surface area (Å²) in [5.41, 5.74) is 1.78. The lowest BCUT2D eigenvalue weighted by atomic mass is 9.96. The zero-order valence-corrected chi connectivity index (χ0v) is 17.3. The molecule has 6 nitrogen and oxygen atoms in total. The molecule has 1 aromatic heterocycles. The van der Waals surface area contributed by atoms with Crippen LogP contribution in [0.4, 0.5) is 15.9 Å². The number of piperazine rings is 1. The fourth-order valence-electron chi connectivity index (χ4n) is 4.07. The van der Waals surface area contributed by atoms with Gasteiger partial charge in [-0.2, -0.15) is 5.10 Å². The molecule has 29 heavy (non-hydrogen) atoms. The predicted octanol–water partition coefficient (Wildman–Crippen LogP) is 3.14. The Balaban J connectivity index is 1.35. The molecule has 0 spiro atoms. The van der Waals surface area contributed by atoms with Crippen LogP contribution in [0, 0.1) is 18.7 Å². The summed E-state index contributed by atoms with van der Waals surface area (Å²) in [7, 11) is 0. The first-order valence-electron chi connectivity index (χ1n) is 10.1. The largest absolute Gasteiger partial charge is 0.368 e. The highest BCUT2D eigenvalue weighted by molar-refractivity contribution is 6.31. The van der Waals surface area contributed by atoms with E-state index < -0.39 is 5.82 Å². The van der Waals surface area contributed by atoms with Crippen molar-refractivity contribution >= 4 is 29.0 Å². The topological polar surface area (TPSA) is 52.6 Å². The molecule has 0 aliphatic carbocycles. The zero-order valence-electron chi connectivity index (χ0n) is 16.5. The monoisotopic (exact) mass is 417 g/mol. The summed E-state index contributed by atoms with van der Waals surface area (Å²) in [6.07, 6.45) is 1.88. The number of nitrogens with zero attached hydrogens (tertiary/aromatic N) is 5. The van der Waals surface area contributed by atoms with Gasteiger partial charge in [0.25, 0.3) is 0 Å². The Bertz CT molecular complexity index is 870. The quantitative estimate of drug-likeness (QED) is 0.767. The van der Waals surface area contributed by atoms with Crippen molar-refractivity contribution in [2.24, 2.45) is 5.92 Å². The van der Waals surface area contributed by atoms with Gasteiger partial charge in [0.2, 0.25) is 5.91 Å². The third-order valence-corrected chi connectivity index (χ3v) is 6.03. The molecule has 154 valence electrons. The van der Waals surface area contributed by atoms with Crippen molar-refractivity contribution in [2.45, 2.75) is 19.8 Å². The minimum absolute atomic E-state index is 0.0151. The fraction of sp³-hybridized carbons (Fsp3) is 0.476. The molecule has 2 aliphatic rings. The normalized spacial score (nSPS) is 20.1. The number of carbonyl (C=O) groups is 1. The Morgan fingerprint density at radius 1 is 1.07 bits per heavy atom. The van der Waals surface area contributed by atoms with Crippen LogP contribution >= 0.6 is 11.6 Å². The number of aryl methyl sites for hydroxylation is 1. The van der Waals surface area contributed by atoms with Gasteiger partial charge in [-0.05, 0) is 50.1 Å². The van der Waals surface area contributed by atoms with Crippen molar-refractivity contribution < 1.29 is 9.18 Å². The van der Waals surface area contributed by atoms with Crippen LogP contribution in [0.2, 0.25) is 5.02 Å². The highest BCUT2D eigenvalue weighted by Gasteiger charge is 2.31. The molecule has 0 N–H and O–H groups in total. The molecule has 2 saturated heterocycles. The molecule has 0 radical (unpaired) electrons. The molecule has 2 aliphatic heterocycles. The lowest BCUT2D eigenvalue weighted by molar-refractivity contribution is -0.136. The average molecular weight is 418 g/mol. The molecule has 1 amide bonds. The number of anilines is 2. The van der Waals surface area contributed by atoms with Gasteiger partial charge < -0.3 is 14.7 Å². The van der Waals surface area contributed by atoms with Crippen LogP contribution < -0.4 is 9.80 Å². The van der Waals surface area contributed by atoms with Crippen LogP contribution in [0.3, 0.4) is 0 Å². The zero-order chi connectivity index (χ0) is 20.4. The summed E-state index contributed by atoms with van der Waals surface area (Å²) in [5.74, 6) is 0.626. The number of benzene rings is 1. The molecule has 0 bridgehead atoms. The number of piperidine rings is 1. The molecule has 3 heterocycles. The van der Waals surface area contributed by atoms with Gasteiger partial charge in [0.1, 0.15) is 5.82 Å². The average Bonchev–Trinajstić information content (AvgIpc) is 2.76. The third-order valence-electron chi connectivity index (χ3n) is 5.74. The van der Waals surface area contributed by atoms with Crippen LogP contribution in [0.15, 0.2) is 30.3 Å². The maximum Gasteiger partial charge on any atom is 0.227 e. The molecule has 1 unspecified atom stereocenters. The molecule has 1 atom stereocenters. The number of halogens is 2. The second kappa shape index (κ2) is 8.53. The van der Waals surface area contributed by atoms with E-state index in [0.717, 1.165) is 36.6 Å². The van der Waals surface area contributed by atoms with E-state index in [1.165, 1.54) is 6.07 Å². The van der Waals surface area contributed by atoms with Gasteiger partial charge in [-0.15, -0.1) is 5.10 Å². The Hall–Kier alpha value is -2.41. The van der Waals surface area contributed by atoms with E-state index in [0.29, 0.717) is 32.7 Å². The van der Waals surface area contributed by atoms with E-state index in [-0.39, 0.29) is 16.8 Å². The minimum atomic E-state index is -0.413. The minimum Gasteiger partial charge on any atom is -0.368 e. The molecule has 8 heteroatoms. The summed E-state index contributed by atoms with van der Waals surface area (Å²) in [6.45, 7) is 6.26. The predicted molar refractivity (Wildman–Crippen MR) is 112 cm³/mol. The van der Waals surface area contributed by atoms with E-state index in [2.05, 4.69) is 20.0 Å². The van der Waals surface area contributed by atoms with Gasteiger partial charge in [-0.3, -0.25) is 4.79 Å². The van der Waals surface area contributed by atoms with Crippen LogP contribution in [-0.2, 0) is 4.79 Å². The van der Waals surface area contributed by atoms with Crippen molar-refractivity contribution in [3.63, 3.8) is 0 Å². The van der Waals surface area contributed by atoms with E-state index in [9.17, 15) is 9.18 Å². The van der Waals surface area contributed by atoms with Gasteiger partial charge >= 0.3 is 0 Å². The van der Waals surface area contributed by atoms with Crippen LogP contribution in [0.5, 0.6) is 0 Å². The van der Waals surface area contributed by atoms with Crippen molar-refractivity contribution in [3.05, 3.63) is 46.9 Å². The molecular weight excluding hydrogens is 393 g/mol. The highest BCUT2D eigenvalue weighted by atomic mass is 35.5. The summed E-state index contributed by atoms with van der Waals surface area (Å²) < 4.78 is 13.4. The maximum atomic E-state index is 13.4. The molecule has 2 fully saturated rings. The van der Waals surface area contributed by atoms with Gasteiger partial charge in [0.15, 0.2) is 5.82 Å². The standard InChI is InChI=1S/C21H25ClFN5O/c1-15-4-7-20(25-24-15)28-8-2-3-16(14-28)21(29)27-11-9-26(10-12-27)17-5-6-19(23)18(22)13-17/h4-7,13,16H,2-3,8-12,14H2,1H3. The second-order valence-electron chi connectivity index (χ2n) is 7.73. The van der Waals surface area contributed by atoms with Crippen molar-refractivity contribution in [1.29, 1.82) is 0 Å². The van der Waals surface area contributed by atoms with Crippen LogP contribution in [0.1, 0.15) is 18.5 Å². The smallest absolute Gasteiger partial charge is 0.227 e. The number of amides is 1. The van der Waals surface area contributed by atoms with Crippen molar-refractivity contribution in [2.75, 3.05) is 49.1 Å². The second-order valence-corrected chi connectivity index (χ2v) is 8.14. The summed E-state index contributed by atoms with van der Waals surface area (Å²) >= 11 is 5.91. The van der Waals surface area contributed by atoms with Gasteiger partial charge in [0.05, 0.1) is 16.6 Å². The summed E-state index contributed by atoms with van der Waals surface area (Å²) in [5, 5.41) is 8.54. The molecule has 4 rings (SSSR count). The SMILES string of the molecule is Cc1ccc(N2CCCC(C(=O)N3CCN(c4ccc(F)c(Cl)c4)CC3)C2)nn1. The number of rotatable bonds is 3. The van der Waals surface area contributed by atoms with Gasteiger partial charge in [0, 0.05) is 45.0 Å².